The standard InChI is InChI=1S/C41H78O5/c1-3-5-7-9-11-13-15-16-17-18-19-20-21-22-23-24-26-28-30-32-34-36-41(44)46-39(37-42)38-45-40(43)35-33-31-29-27-25-14-12-10-8-6-4-2/h16-17,39,42H,3-15,18-38H2,1-2H3/t39-/m0/s1. The molecule has 0 aliphatic carbocycles. The topological polar surface area (TPSA) is 72.8 Å². The van der Waals surface area contributed by atoms with E-state index in [1.54, 1.807) is 0 Å². The van der Waals surface area contributed by atoms with E-state index in [9.17, 15) is 14.7 Å². The van der Waals surface area contributed by atoms with Crippen LogP contribution in [-0.4, -0.2) is 36.4 Å². The van der Waals surface area contributed by atoms with E-state index in [0.29, 0.717) is 12.8 Å². The molecular weight excluding hydrogens is 572 g/mol. The zero-order valence-electron chi connectivity index (χ0n) is 30.9. The second kappa shape index (κ2) is 38.1. The third-order valence-corrected chi connectivity index (χ3v) is 9.06. The molecule has 0 aromatic rings. The van der Waals surface area contributed by atoms with Crippen molar-refractivity contribution in [2.75, 3.05) is 13.2 Å². The molecule has 0 bridgehead atoms. The molecule has 5 nitrogen and oxygen atoms in total. The predicted octanol–water partition coefficient (Wildman–Crippen LogP) is 12.5. The van der Waals surface area contributed by atoms with E-state index in [0.717, 1.165) is 38.5 Å². The monoisotopic (exact) mass is 651 g/mol. The number of aliphatic hydroxyl groups is 1. The molecule has 0 radical (unpaired) electrons. The van der Waals surface area contributed by atoms with Crippen LogP contribution in [-0.2, 0) is 19.1 Å². The molecule has 0 aromatic carbocycles. The second-order valence-electron chi connectivity index (χ2n) is 13.7. The van der Waals surface area contributed by atoms with Crippen LogP contribution in [0.1, 0.15) is 219 Å². The highest BCUT2D eigenvalue weighted by Crippen LogP contribution is 2.15. The normalized spacial score (nSPS) is 12.2. The molecule has 0 saturated heterocycles. The molecule has 46 heavy (non-hydrogen) atoms. The third kappa shape index (κ3) is 35.5. The highest BCUT2D eigenvalue weighted by molar-refractivity contribution is 5.70. The lowest BCUT2D eigenvalue weighted by molar-refractivity contribution is -0.161. The molecule has 272 valence electrons. The minimum Gasteiger partial charge on any atom is -0.462 e. The molecule has 0 aliphatic rings. The second-order valence-corrected chi connectivity index (χ2v) is 13.7. The first-order chi connectivity index (χ1) is 22.6. The molecule has 0 amide bonds. The van der Waals surface area contributed by atoms with Crippen molar-refractivity contribution in [1.82, 2.24) is 0 Å². The summed E-state index contributed by atoms with van der Waals surface area (Å²) in [6.07, 6.45) is 42.8. The number of hydrogen-bond acceptors (Lipinski definition) is 5. The summed E-state index contributed by atoms with van der Waals surface area (Å²) < 4.78 is 10.6. The molecule has 0 fully saturated rings. The van der Waals surface area contributed by atoms with Gasteiger partial charge in [-0.2, -0.15) is 0 Å². The number of carbonyl (C=O) groups excluding carboxylic acids is 2. The first-order valence-electron chi connectivity index (χ1n) is 20.2. The van der Waals surface area contributed by atoms with Gasteiger partial charge in [-0.1, -0.05) is 180 Å². The summed E-state index contributed by atoms with van der Waals surface area (Å²) in [5.74, 6) is -0.582. The Kier molecular flexibility index (Phi) is 37.0. The van der Waals surface area contributed by atoms with Crippen LogP contribution < -0.4 is 0 Å². The summed E-state index contributed by atoms with van der Waals surface area (Å²) in [6.45, 7) is 4.14. The van der Waals surface area contributed by atoms with Gasteiger partial charge >= 0.3 is 11.9 Å². The lowest BCUT2D eigenvalue weighted by Gasteiger charge is -2.15. The van der Waals surface area contributed by atoms with E-state index in [1.165, 1.54) is 154 Å². The van der Waals surface area contributed by atoms with Crippen molar-refractivity contribution < 1.29 is 24.2 Å². The van der Waals surface area contributed by atoms with Gasteiger partial charge in [-0.15, -0.1) is 0 Å². The van der Waals surface area contributed by atoms with Crippen LogP contribution in [0.15, 0.2) is 12.2 Å². The maximum absolute atomic E-state index is 12.2. The van der Waals surface area contributed by atoms with Gasteiger partial charge in [-0.3, -0.25) is 9.59 Å². The molecule has 0 rings (SSSR count). The Morgan fingerprint density at radius 2 is 0.804 bits per heavy atom. The number of ether oxygens (including phenoxy) is 2. The molecule has 5 heteroatoms. The Hall–Kier alpha value is -1.36. The van der Waals surface area contributed by atoms with Crippen molar-refractivity contribution >= 4 is 11.9 Å². The van der Waals surface area contributed by atoms with Gasteiger partial charge in [0.25, 0.3) is 0 Å². The van der Waals surface area contributed by atoms with Crippen molar-refractivity contribution in [3.8, 4) is 0 Å². The smallest absolute Gasteiger partial charge is 0.306 e. The van der Waals surface area contributed by atoms with Crippen LogP contribution in [0.3, 0.4) is 0 Å². The lowest BCUT2D eigenvalue weighted by Crippen LogP contribution is -2.28. The first-order valence-corrected chi connectivity index (χ1v) is 20.2. The number of hydrogen-bond donors (Lipinski definition) is 1. The average Bonchev–Trinajstić information content (AvgIpc) is 3.06. The minimum atomic E-state index is -0.764. The fraction of sp³-hybridized carbons (Fsp3) is 0.902. The van der Waals surface area contributed by atoms with Crippen LogP contribution >= 0.6 is 0 Å². The van der Waals surface area contributed by atoms with Crippen LogP contribution in [0, 0.1) is 0 Å². The molecule has 0 heterocycles. The Bertz CT molecular complexity index is 661. The van der Waals surface area contributed by atoms with Crippen molar-refractivity contribution in [2.45, 2.75) is 225 Å². The summed E-state index contributed by atoms with van der Waals surface area (Å²) in [4.78, 5) is 24.2. The predicted molar refractivity (Wildman–Crippen MR) is 196 cm³/mol. The molecule has 0 saturated carbocycles. The SMILES string of the molecule is CCCCCCCCC=CCCCCCCCCCCCCCC(=O)O[C@@H](CO)COC(=O)CCCCCCCCCCCCC. The first kappa shape index (κ1) is 44.6. The molecule has 0 unspecified atom stereocenters. The Morgan fingerprint density at radius 3 is 1.17 bits per heavy atom. The van der Waals surface area contributed by atoms with Crippen molar-refractivity contribution in [1.29, 1.82) is 0 Å². The van der Waals surface area contributed by atoms with Gasteiger partial charge in [-0.25, -0.2) is 0 Å². The third-order valence-electron chi connectivity index (χ3n) is 9.06. The van der Waals surface area contributed by atoms with Crippen LogP contribution in [0.4, 0.5) is 0 Å². The van der Waals surface area contributed by atoms with Crippen LogP contribution in [0.25, 0.3) is 0 Å². The van der Waals surface area contributed by atoms with Crippen molar-refractivity contribution in [3.63, 3.8) is 0 Å². The zero-order valence-corrected chi connectivity index (χ0v) is 30.9. The maximum atomic E-state index is 12.2. The average molecular weight is 651 g/mol. The zero-order chi connectivity index (χ0) is 33.6. The molecule has 0 spiro atoms. The van der Waals surface area contributed by atoms with Gasteiger partial charge in [0, 0.05) is 12.8 Å². The van der Waals surface area contributed by atoms with E-state index in [1.807, 2.05) is 0 Å². The van der Waals surface area contributed by atoms with Gasteiger partial charge in [0.05, 0.1) is 6.61 Å². The van der Waals surface area contributed by atoms with Crippen molar-refractivity contribution in [2.24, 2.45) is 0 Å². The summed E-state index contributed by atoms with van der Waals surface area (Å²) in [5, 5.41) is 9.54. The molecule has 1 atom stereocenters. The van der Waals surface area contributed by atoms with E-state index < -0.39 is 6.10 Å². The Balaban J connectivity index is 3.48. The Labute approximate surface area is 286 Å². The largest absolute Gasteiger partial charge is 0.462 e. The van der Waals surface area contributed by atoms with Crippen LogP contribution in [0.5, 0.6) is 0 Å². The lowest BCUT2D eigenvalue weighted by atomic mass is 10.0. The highest BCUT2D eigenvalue weighted by Gasteiger charge is 2.16. The van der Waals surface area contributed by atoms with E-state index in [2.05, 4.69) is 26.0 Å². The van der Waals surface area contributed by atoms with Crippen LogP contribution in [0.2, 0.25) is 0 Å². The van der Waals surface area contributed by atoms with Crippen molar-refractivity contribution in [3.05, 3.63) is 12.2 Å². The molecule has 0 aromatic heterocycles. The molecule has 0 aliphatic heterocycles. The summed E-state index contributed by atoms with van der Waals surface area (Å²) in [7, 11) is 0. The Morgan fingerprint density at radius 1 is 0.478 bits per heavy atom. The fourth-order valence-corrected chi connectivity index (χ4v) is 5.96. The number of allylic oxidation sites excluding steroid dienone is 2. The quantitative estimate of drug-likeness (QED) is 0.0411. The number of carbonyl (C=O) groups is 2. The van der Waals surface area contributed by atoms with E-state index in [4.69, 9.17) is 9.47 Å². The van der Waals surface area contributed by atoms with Gasteiger partial charge in [0.1, 0.15) is 6.61 Å². The fourth-order valence-electron chi connectivity index (χ4n) is 5.96. The van der Waals surface area contributed by atoms with E-state index in [-0.39, 0.29) is 25.2 Å². The number of rotatable bonds is 37. The number of aliphatic hydroxyl groups excluding tert-OH is 1. The molecular formula is C41H78O5. The van der Waals surface area contributed by atoms with Gasteiger partial charge in [0.15, 0.2) is 6.10 Å². The maximum Gasteiger partial charge on any atom is 0.306 e. The summed E-state index contributed by atoms with van der Waals surface area (Å²) >= 11 is 0. The minimum absolute atomic E-state index is 0.0601. The number of esters is 2. The molecule has 1 N–H and O–H groups in total. The summed E-state index contributed by atoms with van der Waals surface area (Å²) in [6, 6.07) is 0. The van der Waals surface area contributed by atoms with Gasteiger partial charge in [0.2, 0.25) is 0 Å². The number of unbranched alkanes of at least 4 members (excludes halogenated alkanes) is 27. The van der Waals surface area contributed by atoms with Gasteiger partial charge in [-0.05, 0) is 38.5 Å². The van der Waals surface area contributed by atoms with E-state index >= 15 is 0 Å². The van der Waals surface area contributed by atoms with Gasteiger partial charge < -0.3 is 14.6 Å². The summed E-state index contributed by atoms with van der Waals surface area (Å²) in [5.41, 5.74) is 0. The highest BCUT2D eigenvalue weighted by atomic mass is 16.6.